The van der Waals surface area contributed by atoms with Crippen LogP contribution in [0.3, 0.4) is 0 Å². The average Bonchev–Trinajstić information content (AvgIpc) is 2.93. The number of nitrogens with zero attached hydrogens (tertiary/aromatic N) is 1. The van der Waals surface area contributed by atoms with Crippen molar-refractivity contribution in [3.05, 3.63) is 29.8 Å². The van der Waals surface area contributed by atoms with Gasteiger partial charge in [0.05, 0.1) is 6.61 Å². The fourth-order valence-electron chi connectivity index (χ4n) is 3.72. The predicted octanol–water partition coefficient (Wildman–Crippen LogP) is 6.58. The van der Waals surface area contributed by atoms with Crippen LogP contribution in [-0.4, -0.2) is 31.1 Å². The number of likely N-dealkylation sites (tertiary alicyclic amines) is 1. The van der Waals surface area contributed by atoms with Gasteiger partial charge in [-0.05, 0) is 74.8 Å². The van der Waals surface area contributed by atoms with E-state index in [0.29, 0.717) is 0 Å². The summed E-state index contributed by atoms with van der Waals surface area (Å²) in [5, 5.41) is 0. The molecule has 0 aromatic heterocycles. The summed E-state index contributed by atoms with van der Waals surface area (Å²) in [4.78, 5) is 2.68. The molecule has 0 atom stereocenters. The molecular formula is C24H41NO. The van der Waals surface area contributed by atoms with Gasteiger partial charge >= 0.3 is 0 Å². The van der Waals surface area contributed by atoms with Crippen molar-refractivity contribution in [2.24, 2.45) is 0 Å². The van der Waals surface area contributed by atoms with Crippen molar-refractivity contribution < 1.29 is 4.74 Å². The van der Waals surface area contributed by atoms with Crippen LogP contribution in [0.4, 0.5) is 0 Å². The SMILES string of the molecule is CCC(C)(C)c1ccc(OCCCCCCCN2CCCCCC2)cc1. The number of unbranched alkanes of at least 4 members (excludes halogenated alkanes) is 4. The molecule has 0 spiro atoms. The van der Waals surface area contributed by atoms with Crippen molar-refractivity contribution in [1.82, 2.24) is 4.90 Å². The Morgan fingerprint density at radius 2 is 1.46 bits per heavy atom. The maximum absolute atomic E-state index is 5.91. The molecule has 0 radical (unpaired) electrons. The lowest BCUT2D eigenvalue weighted by atomic mass is 9.82. The maximum atomic E-state index is 5.91. The minimum atomic E-state index is 0.256. The lowest BCUT2D eigenvalue weighted by molar-refractivity contribution is 0.275. The first-order valence-corrected chi connectivity index (χ1v) is 11.1. The lowest BCUT2D eigenvalue weighted by Gasteiger charge is -2.23. The Hall–Kier alpha value is -1.02. The molecule has 2 heteroatoms. The highest BCUT2D eigenvalue weighted by Crippen LogP contribution is 2.28. The molecule has 2 rings (SSSR count). The third-order valence-corrected chi connectivity index (χ3v) is 6.11. The van der Waals surface area contributed by atoms with Gasteiger partial charge in [-0.25, -0.2) is 0 Å². The molecule has 26 heavy (non-hydrogen) atoms. The van der Waals surface area contributed by atoms with Crippen LogP contribution < -0.4 is 4.74 Å². The van der Waals surface area contributed by atoms with Crippen molar-refractivity contribution in [2.45, 2.75) is 90.4 Å². The molecule has 0 aliphatic carbocycles. The zero-order valence-corrected chi connectivity index (χ0v) is 17.6. The van der Waals surface area contributed by atoms with Gasteiger partial charge in [-0.15, -0.1) is 0 Å². The summed E-state index contributed by atoms with van der Waals surface area (Å²) in [6.45, 7) is 11.7. The standard InChI is InChI=1S/C24H41NO/c1-4-24(2,3)22-14-16-23(17-15-22)26-21-13-9-5-6-10-18-25-19-11-7-8-12-20-25/h14-17H,4-13,18-21H2,1-3H3. The van der Waals surface area contributed by atoms with Gasteiger partial charge in [-0.2, -0.15) is 0 Å². The lowest BCUT2D eigenvalue weighted by Crippen LogP contribution is -2.25. The highest BCUT2D eigenvalue weighted by Gasteiger charge is 2.17. The molecule has 1 fully saturated rings. The van der Waals surface area contributed by atoms with E-state index < -0.39 is 0 Å². The van der Waals surface area contributed by atoms with Crippen molar-refractivity contribution >= 4 is 0 Å². The monoisotopic (exact) mass is 359 g/mol. The smallest absolute Gasteiger partial charge is 0.119 e. The van der Waals surface area contributed by atoms with E-state index in [4.69, 9.17) is 4.74 Å². The zero-order valence-electron chi connectivity index (χ0n) is 17.6. The molecule has 1 aliphatic rings. The van der Waals surface area contributed by atoms with E-state index in [1.807, 2.05) is 0 Å². The molecule has 2 nitrogen and oxygen atoms in total. The van der Waals surface area contributed by atoms with Gasteiger partial charge in [0.1, 0.15) is 5.75 Å². The summed E-state index contributed by atoms with van der Waals surface area (Å²) in [5.41, 5.74) is 1.66. The summed E-state index contributed by atoms with van der Waals surface area (Å²) in [6, 6.07) is 8.71. The van der Waals surface area contributed by atoms with E-state index in [1.165, 1.54) is 83.0 Å². The van der Waals surface area contributed by atoms with Crippen molar-refractivity contribution in [3.8, 4) is 5.75 Å². The second kappa shape index (κ2) is 11.6. The molecule has 0 N–H and O–H groups in total. The van der Waals surface area contributed by atoms with Crippen LogP contribution in [0.15, 0.2) is 24.3 Å². The van der Waals surface area contributed by atoms with Gasteiger partial charge in [0.15, 0.2) is 0 Å². The van der Waals surface area contributed by atoms with Crippen molar-refractivity contribution in [1.29, 1.82) is 0 Å². The molecule has 1 heterocycles. The Kier molecular flexibility index (Phi) is 9.53. The maximum Gasteiger partial charge on any atom is 0.119 e. The Balaban J connectivity index is 1.50. The predicted molar refractivity (Wildman–Crippen MR) is 113 cm³/mol. The Labute approximate surface area is 162 Å². The van der Waals surface area contributed by atoms with Crippen molar-refractivity contribution in [3.63, 3.8) is 0 Å². The molecule has 1 aromatic carbocycles. The summed E-state index contributed by atoms with van der Waals surface area (Å²) in [6.07, 6.45) is 13.4. The minimum Gasteiger partial charge on any atom is -0.494 e. The summed E-state index contributed by atoms with van der Waals surface area (Å²) in [7, 11) is 0. The number of benzene rings is 1. The normalized spacial score (nSPS) is 16.4. The Morgan fingerprint density at radius 3 is 2.12 bits per heavy atom. The summed E-state index contributed by atoms with van der Waals surface area (Å²) < 4.78 is 5.91. The first-order valence-electron chi connectivity index (χ1n) is 11.1. The summed E-state index contributed by atoms with van der Waals surface area (Å²) in [5.74, 6) is 1.02. The second-order valence-electron chi connectivity index (χ2n) is 8.63. The van der Waals surface area contributed by atoms with Gasteiger partial charge in [0.2, 0.25) is 0 Å². The fourth-order valence-corrected chi connectivity index (χ4v) is 3.72. The first-order chi connectivity index (χ1) is 12.6. The average molecular weight is 360 g/mol. The number of ether oxygens (including phenoxy) is 1. The Morgan fingerprint density at radius 1 is 0.846 bits per heavy atom. The number of hydrogen-bond donors (Lipinski definition) is 0. The van der Waals surface area contributed by atoms with Crippen LogP contribution in [-0.2, 0) is 5.41 Å². The minimum absolute atomic E-state index is 0.256. The highest BCUT2D eigenvalue weighted by atomic mass is 16.5. The van der Waals surface area contributed by atoms with Crippen LogP contribution >= 0.6 is 0 Å². The molecule has 0 saturated carbocycles. The van der Waals surface area contributed by atoms with Gasteiger partial charge in [0, 0.05) is 0 Å². The molecule has 148 valence electrons. The van der Waals surface area contributed by atoms with E-state index in [-0.39, 0.29) is 5.41 Å². The molecule has 0 amide bonds. The van der Waals surface area contributed by atoms with E-state index >= 15 is 0 Å². The third kappa shape index (κ3) is 7.70. The van der Waals surface area contributed by atoms with Gasteiger partial charge < -0.3 is 9.64 Å². The molecule has 0 unspecified atom stereocenters. The largest absolute Gasteiger partial charge is 0.494 e. The van der Waals surface area contributed by atoms with Crippen LogP contribution in [0.2, 0.25) is 0 Å². The topological polar surface area (TPSA) is 12.5 Å². The number of rotatable bonds is 11. The quantitative estimate of drug-likeness (QED) is 0.414. The number of hydrogen-bond acceptors (Lipinski definition) is 2. The molecular weight excluding hydrogens is 318 g/mol. The highest BCUT2D eigenvalue weighted by molar-refractivity contribution is 5.31. The van der Waals surface area contributed by atoms with E-state index in [9.17, 15) is 0 Å². The second-order valence-corrected chi connectivity index (χ2v) is 8.63. The molecule has 1 saturated heterocycles. The molecule has 0 bridgehead atoms. The van der Waals surface area contributed by atoms with Gasteiger partial charge in [-0.3, -0.25) is 0 Å². The van der Waals surface area contributed by atoms with Gasteiger partial charge in [-0.1, -0.05) is 65.0 Å². The van der Waals surface area contributed by atoms with Crippen LogP contribution in [0.5, 0.6) is 5.75 Å². The van der Waals surface area contributed by atoms with E-state index in [0.717, 1.165) is 18.8 Å². The molecule has 1 aliphatic heterocycles. The zero-order chi connectivity index (χ0) is 18.7. The first kappa shape index (κ1) is 21.3. The van der Waals surface area contributed by atoms with Crippen LogP contribution in [0.1, 0.15) is 90.5 Å². The van der Waals surface area contributed by atoms with Gasteiger partial charge in [0.25, 0.3) is 0 Å². The third-order valence-electron chi connectivity index (χ3n) is 6.11. The van der Waals surface area contributed by atoms with Crippen LogP contribution in [0, 0.1) is 0 Å². The van der Waals surface area contributed by atoms with E-state index in [2.05, 4.69) is 49.9 Å². The molecule has 1 aromatic rings. The van der Waals surface area contributed by atoms with E-state index in [1.54, 1.807) is 0 Å². The Bertz CT molecular complexity index is 471. The fraction of sp³-hybridized carbons (Fsp3) is 0.750. The van der Waals surface area contributed by atoms with Crippen molar-refractivity contribution in [2.75, 3.05) is 26.2 Å². The summed E-state index contributed by atoms with van der Waals surface area (Å²) >= 11 is 0. The van der Waals surface area contributed by atoms with Crippen LogP contribution in [0.25, 0.3) is 0 Å².